The lowest BCUT2D eigenvalue weighted by Gasteiger charge is -2.34. The van der Waals surface area contributed by atoms with E-state index in [1.54, 1.807) is 0 Å². The van der Waals surface area contributed by atoms with Gasteiger partial charge in [0.1, 0.15) is 12.6 Å². The van der Waals surface area contributed by atoms with Crippen molar-refractivity contribution >= 4 is 17.9 Å². The molecule has 2 fully saturated rings. The first-order valence-corrected chi connectivity index (χ1v) is 12.7. The van der Waals surface area contributed by atoms with Crippen LogP contribution >= 0.6 is 0 Å². The maximum Gasteiger partial charge on any atom is 0.408 e. The molecule has 186 valence electrons. The molecule has 2 aromatic rings. The highest BCUT2D eigenvalue weighted by Crippen LogP contribution is 2.23. The van der Waals surface area contributed by atoms with Gasteiger partial charge in [-0.2, -0.15) is 0 Å². The molecule has 3 amide bonds. The van der Waals surface area contributed by atoms with Crippen LogP contribution in [0.15, 0.2) is 60.7 Å². The molecule has 0 aromatic heterocycles. The van der Waals surface area contributed by atoms with Gasteiger partial charge in [-0.1, -0.05) is 60.7 Å². The lowest BCUT2D eigenvalue weighted by Crippen LogP contribution is -2.52. The van der Waals surface area contributed by atoms with Crippen LogP contribution in [0.5, 0.6) is 0 Å². The van der Waals surface area contributed by atoms with Gasteiger partial charge in [-0.15, -0.1) is 0 Å². The largest absolute Gasteiger partial charge is 0.445 e. The first kappa shape index (κ1) is 24.8. The van der Waals surface area contributed by atoms with Crippen LogP contribution in [0.2, 0.25) is 0 Å². The number of rotatable bonds is 8. The molecule has 1 atom stereocenters. The second-order valence-electron chi connectivity index (χ2n) is 9.51. The van der Waals surface area contributed by atoms with Gasteiger partial charge in [0.2, 0.25) is 11.8 Å². The fraction of sp³-hybridized carbons (Fsp3) is 0.464. The summed E-state index contributed by atoms with van der Waals surface area (Å²) in [5.74, 6) is 0.454. The highest BCUT2D eigenvalue weighted by atomic mass is 16.5. The predicted octanol–water partition coefficient (Wildman–Crippen LogP) is 3.78. The molecule has 35 heavy (non-hydrogen) atoms. The number of carbonyl (C=O) groups is 3. The summed E-state index contributed by atoms with van der Waals surface area (Å²) in [4.78, 5) is 42.3. The van der Waals surface area contributed by atoms with Gasteiger partial charge in [0, 0.05) is 39.0 Å². The number of amides is 3. The minimum absolute atomic E-state index is 0.102. The maximum absolute atomic E-state index is 13.4. The average Bonchev–Trinajstić information content (AvgIpc) is 3.44. The van der Waals surface area contributed by atoms with E-state index in [1.165, 1.54) is 0 Å². The third-order valence-corrected chi connectivity index (χ3v) is 6.93. The topological polar surface area (TPSA) is 79.0 Å². The molecule has 0 unspecified atom stereocenters. The molecule has 0 spiro atoms. The molecule has 7 heteroatoms. The smallest absolute Gasteiger partial charge is 0.408 e. The lowest BCUT2D eigenvalue weighted by molar-refractivity contribution is -0.135. The van der Waals surface area contributed by atoms with Gasteiger partial charge >= 0.3 is 6.09 Å². The Morgan fingerprint density at radius 1 is 0.829 bits per heavy atom. The molecule has 0 aliphatic carbocycles. The van der Waals surface area contributed by atoms with Crippen LogP contribution in [0.25, 0.3) is 0 Å². The van der Waals surface area contributed by atoms with E-state index in [-0.39, 0.29) is 18.4 Å². The van der Waals surface area contributed by atoms with E-state index in [0.717, 1.165) is 49.9 Å². The van der Waals surface area contributed by atoms with Crippen LogP contribution in [0.1, 0.15) is 43.2 Å². The van der Waals surface area contributed by atoms with Crippen LogP contribution in [0, 0.1) is 5.92 Å². The molecule has 4 rings (SSSR count). The number of carbonyl (C=O) groups excluding carboxylic acids is 3. The summed E-state index contributed by atoms with van der Waals surface area (Å²) < 4.78 is 5.38. The molecule has 2 heterocycles. The van der Waals surface area contributed by atoms with Gasteiger partial charge in [-0.25, -0.2) is 4.79 Å². The molecule has 2 saturated heterocycles. The Bertz CT molecular complexity index is 968. The number of likely N-dealkylation sites (tertiary alicyclic amines) is 2. The second kappa shape index (κ2) is 12.4. The Morgan fingerprint density at radius 3 is 2.06 bits per heavy atom. The standard InChI is InChI=1S/C28H35N3O4/c32-26(30-15-7-8-16-30)20-23-13-17-31(18-14-23)27(33)25(19-22-9-3-1-4-10-22)29-28(34)35-21-24-11-5-2-6-12-24/h1-6,9-12,23,25H,7-8,13-21H2,(H,29,34)/t25-/m0/s1. The number of ether oxygens (including phenoxy) is 1. The number of piperidine rings is 1. The third-order valence-electron chi connectivity index (χ3n) is 6.93. The molecule has 0 bridgehead atoms. The summed E-state index contributed by atoms with van der Waals surface area (Å²) in [7, 11) is 0. The maximum atomic E-state index is 13.4. The summed E-state index contributed by atoms with van der Waals surface area (Å²) in [5, 5.41) is 2.80. The van der Waals surface area contributed by atoms with Gasteiger partial charge in [0.25, 0.3) is 0 Å². The number of benzene rings is 2. The van der Waals surface area contributed by atoms with Gasteiger partial charge in [0.15, 0.2) is 0 Å². The van der Waals surface area contributed by atoms with Crippen molar-refractivity contribution in [3.05, 3.63) is 71.8 Å². The fourth-order valence-electron chi connectivity index (χ4n) is 4.88. The summed E-state index contributed by atoms with van der Waals surface area (Å²) in [6, 6.07) is 18.4. The van der Waals surface area contributed by atoms with Crippen molar-refractivity contribution in [3.8, 4) is 0 Å². The fourth-order valence-corrected chi connectivity index (χ4v) is 4.88. The van der Waals surface area contributed by atoms with Crippen molar-refractivity contribution in [1.82, 2.24) is 15.1 Å². The van der Waals surface area contributed by atoms with Gasteiger partial charge in [-0.3, -0.25) is 9.59 Å². The van der Waals surface area contributed by atoms with Crippen molar-refractivity contribution in [2.45, 2.75) is 51.2 Å². The number of nitrogens with one attached hydrogen (secondary N) is 1. The van der Waals surface area contributed by atoms with Crippen molar-refractivity contribution in [1.29, 1.82) is 0 Å². The molecule has 2 aromatic carbocycles. The first-order chi connectivity index (χ1) is 17.1. The Kier molecular flexibility index (Phi) is 8.76. The zero-order chi connectivity index (χ0) is 24.5. The Morgan fingerprint density at radius 2 is 1.43 bits per heavy atom. The van der Waals surface area contributed by atoms with Gasteiger partial charge < -0.3 is 19.9 Å². The monoisotopic (exact) mass is 477 g/mol. The van der Waals surface area contributed by atoms with E-state index < -0.39 is 12.1 Å². The van der Waals surface area contributed by atoms with Crippen LogP contribution in [-0.4, -0.2) is 59.9 Å². The van der Waals surface area contributed by atoms with Gasteiger partial charge in [0.05, 0.1) is 0 Å². The molecule has 1 N–H and O–H groups in total. The highest BCUT2D eigenvalue weighted by Gasteiger charge is 2.31. The summed E-state index contributed by atoms with van der Waals surface area (Å²) in [6.45, 7) is 3.10. The minimum Gasteiger partial charge on any atom is -0.445 e. The van der Waals surface area contributed by atoms with E-state index in [4.69, 9.17) is 4.74 Å². The molecule has 2 aliphatic heterocycles. The van der Waals surface area contributed by atoms with Crippen molar-refractivity contribution in [2.75, 3.05) is 26.2 Å². The number of hydrogen-bond donors (Lipinski definition) is 1. The average molecular weight is 478 g/mol. The van der Waals surface area contributed by atoms with Gasteiger partial charge in [-0.05, 0) is 42.7 Å². The zero-order valence-electron chi connectivity index (χ0n) is 20.2. The normalized spacial score (nSPS) is 17.1. The third kappa shape index (κ3) is 7.31. The second-order valence-corrected chi connectivity index (χ2v) is 9.51. The van der Waals surface area contributed by atoms with Crippen LogP contribution < -0.4 is 5.32 Å². The van der Waals surface area contributed by atoms with E-state index in [0.29, 0.717) is 31.8 Å². The van der Waals surface area contributed by atoms with Crippen molar-refractivity contribution < 1.29 is 19.1 Å². The zero-order valence-corrected chi connectivity index (χ0v) is 20.2. The van der Waals surface area contributed by atoms with E-state index in [9.17, 15) is 14.4 Å². The van der Waals surface area contributed by atoms with Crippen molar-refractivity contribution in [2.24, 2.45) is 5.92 Å². The summed E-state index contributed by atoms with van der Waals surface area (Å²) in [5.41, 5.74) is 1.86. The van der Waals surface area contributed by atoms with Crippen LogP contribution in [0.4, 0.5) is 4.79 Å². The van der Waals surface area contributed by atoms with E-state index >= 15 is 0 Å². The Balaban J connectivity index is 1.32. The molecule has 0 radical (unpaired) electrons. The molecule has 0 saturated carbocycles. The quantitative estimate of drug-likeness (QED) is 0.628. The summed E-state index contributed by atoms with van der Waals surface area (Å²) >= 11 is 0. The van der Waals surface area contributed by atoms with E-state index in [2.05, 4.69) is 5.32 Å². The van der Waals surface area contributed by atoms with Crippen LogP contribution in [0.3, 0.4) is 0 Å². The van der Waals surface area contributed by atoms with Crippen LogP contribution in [-0.2, 0) is 27.4 Å². The SMILES string of the molecule is O=C(N[C@@H](Cc1ccccc1)C(=O)N1CCC(CC(=O)N2CCCC2)CC1)OCc1ccccc1. The Hall–Kier alpha value is -3.35. The number of alkyl carbamates (subject to hydrolysis) is 1. The minimum atomic E-state index is -0.705. The molecule has 7 nitrogen and oxygen atoms in total. The summed E-state index contributed by atoms with van der Waals surface area (Å²) in [6.07, 6.45) is 4.18. The molecular weight excluding hydrogens is 442 g/mol. The van der Waals surface area contributed by atoms with E-state index in [1.807, 2.05) is 70.5 Å². The Labute approximate surface area is 207 Å². The molecule has 2 aliphatic rings. The lowest BCUT2D eigenvalue weighted by atomic mass is 9.92. The number of nitrogens with zero attached hydrogens (tertiary/aromatic N) is 2. The number of hydrogen-bond acceptors (Lipinski definition) is 4. The predicted molar refractivity (Wildman–Crippen MR) is 133 cm³/mol. The van der Waals surface area contributed by atoms with Crippen molar-refractivity contribution in [3.63, 3.8) is 0 Å². The highest BCUT2D eigenvalue weighted by molar-refractivity contribution is 5.86. The first-order valence-electron chi connectivity index (χ1n) is 12.7. The molecular formula is C28H35N3O4.